The molecule has 3 aromatic heterocycles. The number of aromatic amines is 1. The number of carbonyl (C=O) groups excluding carboxylic acids is 1. The van der Waals surface area contributed by atoms with Gasteiger partial charge in [0.2, 0.25) is 0 Å². The molecule has 0 bridgehead atoms. The second-order valence-electron chi connectivity index (χ2n) is 7.98. The molecule has 4 heterocycles. The van der Waals surface area contributed by atoms with E-state index in [9.17, 15) is 4.79 Å². The largest absolute Gasteiger partial charge is 0.456 e. The lowest BCUT2D eigenvalue weighted by Gasteiger charge is -2.21. The number of anilines is 1. The molecule has 1 aliphatic rings. The van der Waals surface area contributed by atoms with Crippen LogP contribution in [0.5, 0.6) is 11.5 Å². The van der Waals surface area contributed by atoms with Gasteiger partial charge in [0.1, 0.15) is 17.3 Å². The molecule has 0 saturated carbocycles. The number of piperidine rings is 1. The van der Waals surface area contributed by atoms with E-state index in [0.717, 1.165) is 42.6 Å². The molecule has 1 aromatic carbocycles. The summed E-state index contributed by atoms with van der Waals surface area (Å²) >= 11 is 0. The average Bonchev–Trinajstić information content (AvgIpc) is 3.25. The van der Waals surface area contributed by atoms with Crippen molar-refractivity contribution in [2.45, 2.75) is 25.7 Å². The van der Waals surface area contributed by atoms with E-state index in [1.54, 1.807) is 36.7 Å². The zero-order valence-corrected chi connectivity index (χ0v) is 17.8. The minimum Gasteiger partial charge on any atom is -0.456 e. The molecule has 1 unspecified atom stereocenters. The Morgan fingerprint density at radius 3 is 2.75 bits per heavy atom. The van der Waals surface area contributed by atoms with Crippen molar-refractivity contribution in [1.29, 1.82) is 0 Å². The van der Waals surface area contributed by atoms with Crippen molar-refractivity contribution in [3.8, 4) is 11.5 Å². The van der Waals surface area contributed by atoms with E-state index in [1.165, 1.54) is 0 Å². The van der Waals surface area contributed by atoms with Gasteiger partial charge in [-0.1, -0.05) is 0 Å². The maximum absolute atomic E-state index is 12.5. The van der Waals surface area contributed by atoms with E-state index >= 15 is 0 Å². The molecule has 1 saturated heterocycles. The number of nitrogens with zero attached hydrogens (tertiary/aromatic N) is 3. The molecule has 0 aliphatic carbocycles. The zero-order valence-electron chi connectivity index (χ0n) is 17.8. The van der Waals surface area contributed by atoms with Gasteiger partial charge in [-0.3, -0.25) is 9.89 Å². The fourth-order valence-corrected chi connectivity index (χ4v) is 4.01. The van der Waals surface area contributed by atoms with Crippen molar-refractivity contribution in [3.05, 3.63) is 71.7 Å². The van der Waals surface area contributed by atoms with Crippen LogP contribution in [0.2, 0.25) is 0 Å². The van der Waals surface area contributed by atoms with Gasteiger partial charge in [0.05, 0.1) is 11.1 Å². The van der Waals surface area contributed by atoms with Gasteiger partial charge in [0, 0.05) is 30.4 Å². The second kappa shape index (κ2) is 8.76. The van der Waals surface area contributed by atoms with Crippen LogP contribution in [0.1, 0.15) is 40.4 Å². The van der Waals surface area contributed by atoms with E-state index in [-0.39, 0.29) is 5.91 Å². The number of ether oxygens (including phenoxy) is 1. The van der Waals surface area contributed by atoms with Crippen LogP contribution in [0.4, 0.5) is 5.82 Å². The van der Waals surface area contributed by atoms with Crippen LogP contribution >= 0.6 is 0 Å². The van der Waals surface area contributed by atoms with E-state index in [0.29, 0.717) is 34.4 Å². The molecule has 5 rings (SSSR count). The van der Waals surface area contributed by atoms with Gasteiger partial charge in [0.25, 0.3) is 5.91 Å². The average molecular weight is 428 g/mol. The summed E-state index contributed by atoms with van der Waals surface area (Å²) in [6, 6.07) is 12.6. The molecule has 1 atom stereocenters. The van der Waals surface area contributed by atoms with Gasteiger partial charge in [0.15, 0.2) is 5.65 Å². The molecule has 8 heteroatoms. The first kappa shape index (κ1) is 20.1. The molecular formula is C24H24N6O2. The first-order valence-corrected chi connectivity index (χ1v) is 10.7. The number of hydrogen-bond acceptors (Lipinski definition) is 6. The van der Waals surface area contributed by atoms with Crippen molar-refractivity contribution < 1.29 is 9.53 Å². The van der Waals surface area contributed by atoms with Crippen LogP contribution in [0.3, 0.4) is 0 Å². The van der Waals surface area contributed by atoms with Crippen LogP contribution in [0.15, 0.2) is 54.9 Å². The Balaban J connectivity index is 1.35. The van der Waals surface area contributed by atoms with E-state index in [2.05, 4.69) is 30.8 Å². The number of H-pyrrole nitrogens is 1. The molecule has 0 radical (unpaired) electrons. The summed E-state index contributed by atoms with van der Waals surface area (Å²) in [7, 11) is 0. The van der Waals surface area contributed by atoms with Crippen LogP contribution < -0.4 is 15.4 Å². The minimum absolute atomic E-state index is 0.220. The number of fused-ring (bicyclic) bond motifs is 1. The number of pyridine rings is 2. The molecule has 3 N–H and O–H groups in total. The highest BCUT2D eigenvalue weighted by molar-refractivity contribution is 6.03. The molecule has 32 heavy (non-hydrogen) atoms. The van der Waals surface area contributed by atoms with Gasteiger partial charge >= 0.3 is 0 Å². The molecule has 8 nitrogen and oxygen atoms in total. The Bertz CT molecular complexity index is 1250. The summed E-state index contributed by atoms with van der Waals surface area (Å²) in [5.74, 6) is 1.97. The van der Waals surface area contributed by atoms with E-state index < -0.39 is 0 Å². The number of aromatic nitrogens is 4. The lowest BCUT2D eigenvalue weighted by Crippen LogP contribution is -2.28. The predicted molar refractivity (Wildman–Crippen MR) is 122 cm³/mol. The molecular weight excluding hydrogens is 404 g/mol. The van der Waals surface area contributed by atoms with Crippen LogP contribution in [0.25, 0.3) is 11.0 Å². The fraction of sp³-hybridized carbons (Fsp3) is 0.250. The molecule has 0 spiro atoms. The van der Waals surface area contributed by atoms with Gasteiger partial charge in [-0.25, -0.2) is 9.97 Å². The van der Waals surface area contributed by atoms with Crippen molar-refractivity contribution in [2.24, 2.45) is 0 Å². The van der Waals surface area contributed by atoms with E-state index in [4.69, 9.17) is 4.74 Å². The molecule has 4 aromatic rings. The second-order valence-corrected chi connectivity index (χ2v) is 7.98. The standard InChI is InChI=1S/C24H24N6O2/c1-15-8-11-26-20(13-15)28-24(31)16-4-6-18(7-5-16)32-19-9-12-27-23-21(19)22(29-30-23)17-3-2-10-25-14-17/h4-9,11-13,17,25H,2-3,10,14H2,1H3,(H,26,28,31)(H,27,29,30). The third kappa shape index (κ3) is 4.17. The smallest absolute Gasteiger partial charge is 0.256 e. The number of hydrogen-bond donors (Lipinski definition) is 3. The molecule has 1 fully saturated rings. The lowest BCUT2D eigenvalue weighted by molar-refractivity contribution is 0.102. The number of amides is 1. The number of rotatable bonds is 5. The van der Waals surface area contributed by atoms with Gasteiger partial charge < -0.3 is 15.4 Å². The van der Waals surface area contributed by atoms with Crippen LogP contribution in [-0.4, -0.2) is 39.2 Å². The van der Waals surface area contributed by atoms with Crippen molar-refractivity contribution >= 4 is 22.8 Å². The highest BCUT2D eigenvalue weighted by Gasteiger charge is 2.23. The van der Waals surface area contributed by atoms with E-state index in [1.807, 2.05) is 25.1 Å². The van der Waals surface area contributed by atoms with Crippen LogP contribution in [-0.2, 0) is 0 Å². The Labute approximate surface area is 185 Å². The Morgan fingerprint density at radius 1 is 1.12 bits per heavy atom. The third-order valence-corrected chi connectivity index (χ3v) is 5.64. The maximum Gasteiger partial charge on any atom is 0.256 e. The first-order chi connectivity index (χ1) is 15.7. The Morgan fingerprint density at radius 2 is 1.97 bits per heavy atom. The number of nitrogens with one attached hydrogen (secondary N) is 3. The fourth-order valence-electron chi connectivity index (χ4n) is 4.01. The minimum atomic E-state index is -0.220. The summed E-state index contributed by atoms with van der Waals surface area (Å²) in [4.78, 5) is 21.1. The first-order valence-electron chi connectivity index (χ1n) is 10.7. The van der Waals surface area contributed by atoms with Crippen LogP contribution in [0, 0.1) is 6.92 Å². The Hall–Kier alpha value is -3.78. The van der Waals surface area contributed by atoms with Crippen molar-refractivity contribution in [3.63, 3.8) is 0 Å². The predicted octanol–water partition coefficient (Wildman–Crippen LogP) is 4.17. The summed E-state index contributed by atoms with van der Waals surface area (Å²) in [6.45, 7) is 3.89. The normalized spacial score (nSPS) is 16.1. The molecule has 162 valence electrons. The van der Waals surface area contributed by atoms with Crippen molar-refractivity contribution in [1.82, 2.24) is 25.5 Å². The number of benzene rings is 1. The lowest BCUT2D eigenvalue weighted by atomic mass is 9.94. The number of carbonyl (C=O) groups is 1. The number of aryl methyl sites for hydroxylation is 1. The monoisotopic (exact) mass is 428 g/mol. The summed E-state index contributed by atoms with van der Waals surface area (Å²) < 4.78 is 6.19. The maximum atomic E-state index is 12.5. The van der Waals surface area contributed by atoms with Gasteiger partial charge in [-0.05, 0) is 74.3 Å². The SMILES string of the molecule is Cc1ccnc(NC(=O)c2ccc(Oc3ccnc4[nH]nc(C5CCCNC5)c34)cc2)c1. The highest BCUT2D eigenvalue weighted by Crippen LogP contribution is 2.35. The Kier molecular flexibility index (Phi) is 5.51. The molecule has 1 amide bonds. The third-order valence-electron chi connectivity index (χ3n) is 5.64. The topological polar surface area (TPSA) is 105 Å². The summed E-state index contributed by atoms with van der Waals surface area (Å²) in [6.07, 6.45) is 5.58. The van der Waals surface area contributed by atoms with Gasteiger partial charge in [-0.2, -0.15) is 5.10 Å². The zero-order chi connectivity index (χ0) is 21.9. The molecule has 1 aliphatic heterocycles. The van der Waals surface area contributed by atoms with Gasteiger partial charge in [-0.15, -0.1) is 0 Å². The quantitative estimate of drug-likeness (QED) is 0.441. The summed E-state index contributed by atoms with van der Waals surface area (Å²) in [5.41, 5.74) is 3.25. The summed E-state index contributed by atoms with van der Waals surface area (Å²) in [5, 5.41) is 14.7. The van der Waals surface area contributed by atoms with Crippen molar-refractivity contribution in [2.75, 3.05) is 18.4 Å². The highest BCUT2D eigenvalue weighted by atomic mass is 16.5.